The largest absolute Gasteiger partial charge is 0.308 e. The Bertz CT molecular complexity index is 3240. The molecule has 9 aromatic carbocycles. The smallest absolute Gasteiger partial charge is 0.166 e. The van der Waals surface area contributed by atoms with Crippen molar-refractivity contribution < 1.29 is 0 Å². The van der Waals surface area contributed by atoms with E-state index in [1.165, 1.54) is 32.3 Å². The first kappa shape index (κ1) is 32.7. The van der Waals surface area contributed by atoms with Gasteiger partial charge in [-0.25, -0.2) is 15.0 Å². The van der Waals surface area contributed by atoms with E-state index >= 15 is 0 Å². The van der Waals surface area contributed by atoms with Crippen LogP contribution < -0.4 is 0 Å². The highest BCUT2D eigenvalue weighted by Gasteiger charge is 2.20. The van der Waals surface area contributed by atoms with Crippen LogP contribution in [0.15, 0.2) is 206 Å². The second kappa shape index (κ2) is 13.6. The number of nitrogens with zero attached hydrogens (tertiary/aromatic N) is 4. The highest BCUT2D eigenvalue weighted by Crippen LogP contribution is 2.39. The molecule has 0 amide bonds. The summed E-state index contributed by atoms with van der Waals surface area (Å²) in [5.41, 5.74) is 10.5. The molecule has 11 aromatic rings. The van der Waals surface area contributed by atoms with Crippen molar-refractivity contribution in [3.05, 3.63) is 206 Å². The predicted octanol–water partition coefficient (Wildman–Crippen LogP) is 13.6. The molecule has 0 N–H and O–H groups in total. The highest BCUT2D eigenvalue weighted by molar-refractivity contribution is 6.10. The summed E-state index contributed by atoms with van der Waals surface area (Å²) in [4.78, 5) is 15.7. The average molecular weight is 727 g/mol. The minimum atomic E-state index is 0.610. The van der Waals surface area contributed by atoms with E-state index < -0.39 is 0 Å². The first-order valence-corrected chi connectivity index (χ1v) is 19.3. The van der Waals surface area contributed by atoms with Crippen molar-refractivity contribution in [2.45, 2.75) is 0 Å². The van der Waals surface area contributed by atoms with Crippen LogP contribution in [0.1, 0.15) is 0 Å². The van der Waals surface area contributed by atoms with Gasteiger partial charge in [0.1, 0.15) is 0 Å². The van der Waals surface area contributed by atoms with Gasteiger partial charge in [-0.2, -0.15) is 0 Å². The summed E-state index contributed by atoms with van der Waals surface area (Å²) in [6.45, 7) is 0. The molecule has 0 fully saturated rings. The molecule has 0 saturated heterocycles. The standard InChI is InChI=1S/C53H34N4/c1-3-14-35(15-4-1)40-29-31-47(50(34-40)57-48-24-11-9-22-45(48)46-23-10-12-25-49(46)57)53-55-51(37-17-5-2-6-18-37)54-52(56-53)42-20-13-19-38(33-42)39-28-30-44-41(32-39)27-26-36-16-7-8-21-43(36)44/h1-34H. The zero-order valence-corrected chi connectivity index (χ0v) is 30.9. The molecule has 2 aromatic heterocycles. The number of fused-ring (bicyclic) bond motifs is 6. The molecule has 0 saturated carbocycles. The van der Waals surface area contributed by atoms with Crippen LogP contribution in [0.3, 0.4) is 0 Å². The second-order valence-corrected chi connectivity index (χ2v) is 14.4. The monoisotopic (exact) mass is 726 g/mol. The molecule has 0 spiro atoms. The average Bonchev–Trinajstić information content (AvgIpc) is 3.63. The Kier molecular flexibility index (Phi) is 7.78. The van der Waals surface area contributed by atoms with Gasteiger partial charge in [-0.1, -0.05) is 170 Å². The molecule has 0 bridgehead atoms. The molecule has 4 heteroatoms. The Labute approximate surface area is 330 Å². The maximum Gasteiger partial charge on any atom is 0.166 e. The fraction of sp³-hybridized carbons (Fsp3) is 0. The Morgan fingerprint density at radius 1 is 0.281 bits per heavy atom. The molecular formula is C53H34N4. The highest BCUT2D eigenvalue weighted by atomic mass is 15.1. The van der Waals surface area contributed by atoms with Crippen molar-refractivity contribution in [3.63, 3.8) is 0 Å². The fourth-order valence-electron chi connectivity index (χ4n) is 8.27. The molecule has 4 nitrogen and oxygen atoms in total. The molecular weight excluding hydrogens is 693 g/mol. The molecule has 0 aliphatic heterocycles. The van der Waals surface area contributed by atoms with Gasteiger partial charge in [-0.15, -0.1) is 0 Å². The minimum absolute atomic E-state index is 0.610. The summed E-state index contributed by atoms with van der Waals surface area (Å²) in [5.74, 6) is 1.85. The molecule has 0 aliphatic carbocycles. The van der Waals surface area contributed by atoms with Crippen LogP contribution in [0.2, 0.25) is 0 Å². The van der Waals surface area contributed by atoms with E-state index in [-0.39, 0.29) is 0 Å². The lowest BCUT2D eigenvalue weighted by atomic mass is 9.96. The van der Waals surface area contributed by atoms with Crippen LogP contribution in [-0.4, -0.2) is 19.5 Å². The number of para-hydroxylation sites is 2. The molecule has 0 radical (unpaired) electrons. The SMILES string of the molecule is c1ccc(-c2ccc(-c3nc(-c4ccccc4)nc(-c4cccc(-c5ccc6c(ccc7ccccc76)c5)c4)n3)c(-n3c4ccccc4c4ccccc43)c2)cc1. The Morgan fingerprint density at radius 2 is 0.789 bits per heavy atom. The molecule has 0 aliphatic rings. The van der Waals surface area contributed by atoms with Gasteiger partial charge in [0.25, 0.3) is 0 Å². The quantitative estimate of drug-likeness (QED) is 0.160. The van der Waals surface area contributed by atoms with Gasteiger partial charge in [-0.3, -0.25) is 0 Å². The van der Waals surface area contributed by atoms with Gasteiger partial charge in [-0.05, 0) is 80.2 Å². The van der Waals surface area contributed by atoms with Gasteiger partial charge >= 0.3 is 0 Å². The first-order chi connectivity index (χ1) is 28.2. The minimum Gasteiger partial charge on any atom is -0.308 e. The van der Waals surface area contributed by atoms with Crippen molar-refractivity contribution in [1.29, 1.82) is 0 Å². The van der Waals surface area contributed by atoms with Gasteiger partial charge in [0, 0.05) is 27.5 Å². The molecule has 0 unspecified atom stereocenters. The van der Waals surface area contributed by atoms with Crippen molar-refractivity contribution in [2.24, 2.45) is 0 Å². The summed E-state index contributed by atoms with van der Waals surface area (Å²) in [6, 6.07) is 72.9. The Hall–Kier alpha value is -7.69. The molecule has 266 valence electrons. The van der Waals surface area contributed by atoms with Crippen LogP contribution in [0, 0.1) is 0 Å². The third-order valence-corrected chi connectivity index (χ3v) is 11.0. The molecule has 0 atom stereocenters. The predicted molar refractivity (Wildman–Crippen MR) is 236 cm³/mol. The number of hydrogen-bond donors (Lipinski definition) is 0. The van der Waals surface area contributed by atoms with E-state index in [4.69, 9.17) is 15.0 Å². The van der Waals surface area contributed by atoms with Crippen LogP contribution >= 0.6 is 0 Å². The lowest BCUT2D eigenvalue weighted by Crippen LogP contribution is -2.04. The summed E-state index contributed by atoms with van der Waals surface area (Å²) < 4.78 is 2.36. The van der Waals surface area contributed by atoms with Crippen molar-refractivity contribution in [3.8, 4) is 62.1 Å². The van der Waals surface area contributed by atoms with E-state index in [9.17, 15) is 0 Å². The molecule has 2 heterocycles. The van der Waals surface area contributed by atoms with Crippen molar-refractivity contribution >= 4 is 43.4 Å². The normalized spacial score (nSPS) is 11.5. The van der Waals surface area contributed by atoms with E-state index in [1.807, 2.05) is 18.2 Å². The summed E-state index contributed by atoms with van der Waals surface area (Å²) in [7, 11) is 0. The van der Waals surface area contributed by atoms with Crippen LogP contribution in [0.5, 0.6) is 0 Å². The lowest BCUT2D eigenvalue weighted by Gasteiger charge is -2.16. The van der Waals surface area contributed by atoms with Gasteiger partial charge in [0.2, 0.25) is 0 Å². The summed E-state index contributed by atoms with van der Waals surface area (Å²) in [5, 5.41) is 7.37. The van der Waals surface area contributed by atoms with Gasteiger partial charge in [0.15, 0.2) is 17.5 Å². The maximum absolute atomic E-state index is 5.32. The maximum atomic E-state index is 5.32. The first-order valence-electron chi connectivity index (χ1n) is 19.3. The zero-order chi connectivity index (χ0) is 37.7. The van der Waals surface area contributed by atoms with Crippen LogP contribution in [0.4, 0.5) is 0 Å². The van der Waals surface area contributed by atoms with Crippen LogP contribution in [-0.2, 0) is 0 Å². The lowest BCUT2D eigenvalue weighted by molar-refractivity contribution is 1.06. The second-order valence-electron chi connectivity index (χ2n) is 14.4. The fourth-order valence-corrected chi connectivity index (χ4v) is 8.27. The van der Waals surface area contributed by atoms with Gasteiger partial charge < -0.3 is 4.57 Å². The van der Waals surface area contributed by atoms with Crippen molar-refractivity contribution in [2.75, 3.05) is 0 Å². The number of hydrogen-bond acceptors (Lipinski definition) is 3. The van der Waals surface area contributed by atoms with E-state index in [0.29, 0.717) is 17.5 Å². The number of benzene rings is 9. The van der Waals surface area contributed by atoms with E-state index in [0.717, 1.165) is 55.7 Å². The Balaban J connectivity index is 1.12. The summed E-state index contributed by atoms with van der Waals surface area (Å²) in [6.07, 6.45) is 0. The number of aromatic nitrogens is 4. The molecule has 57 heavy (non-hydrogen) atoms. The zero-order valence-electron chi connectivity index (χ0n) is 30.9. The van der Waals surface area contributed by atoms with Crippen molar-refractivity contribution in [1.82, 2.24) is 19.5 Å². The van der Waals surface area contributed by atoms with E-state index in [2.05, 4.69) is 193 Å². The van der Waals surface area contributed by atoms with Gasteiger partial charge in [0.05, 0.1) is 16.7 Å². The topological polar surface area (TPSA) is 43.6 Å². The van der Waals surface area contributed by atoms with E-state index in [1.54, 1.807) is 0 Å². The van der Waals surface area contributed by atoms with Crippen LogP contribution in [0.25, 0.3) is 105 Å². The summed E-state index contributed by atoms with van der Waals surface area (Å²) >= 11 is 0. The third kappa shape index (κ3) is 5.74. The number of rotatable bonds is 6. The Morgan fingerprint density at radius 3 is 1.54 bits per heavy atom. The third-order valence-electron chi connectivity index (χ3n) is 11.0. The molecule has 11 rings (SSSR count).